The molecule has 0 spiro atoms. The highest BCUT2D eigenvalue weighted by atomic mass is 16.5. The van der Waals surface area contributed by atoms with Crippen LogP contribution in [-0.2, 0) is 4.74 Å². The predicted octanol–water partition coefficient (Wildman–Crippen LogP) is 3.26. The Labute approximate surface area is 69.4 Å². The lowest BCUT2D eigenvalue weighted by molar-refractivity contribution is 0.157. The minimum Gasteiger partial charge on any atom is -0.498 e. The molecule has 0 N–H and O–H groups in total. The molecule has 1 atom stereocenters. The molecule has 0 radical (unpaired) electrons. The first-order valence-electron chi connectivity index (χ1n) is 4.74. The van der Waals surface area contributed by atoms with Gasteiger partial charge in [-0.15, -0.1) is 0 Å². The van der Waals surface area contributed by atoms with Crippen LogP contribution in [0.1, 0.15) is 45.4 Å². The highest BCUT2D eigenvalue weighted by Crippen LogP contribution is 2.16. The Morgan fingerprint density at radius 2 is 2.27 bits per heavy atom. The van der Waals surface area contributed by atoms with E-state index < -0.39 is 0 Å². The van der Waals surface area contributed by atoms with E-state index in [0.717, 1.165) is 6.42 Å². The maximum atomic E-state index is 5.35. The second kappa shape index (κ2) is 5.22. The molecular weight excluding hydrogens is 136 g/mol. The Morgan fingerprint density at radius 3 is 2.91 bits per heavy atom. The third-order valence-corrected chi connectivity index (χ3v) is 2.15. The van der Waals surface area contributed by atoms with Gasteiger partial charge in [-0.25, -0.2) is 0 Å². The van der Waals surface area contributed by atoms with Gasteiger partial charge in [0.25, 0.3) is 0 Å². The van der Waals surface area contributed by atoms with Gasteiger partial charge in [0.05, 0.1) is 6.26 Å². The van der Waals surface area contributed by atoms with Crippen molar-refractivity contribution in [1.82, 2.24) is 0 Å². The Hall–Kier alpha value is -0.460. The molecule has 11 heavy (non-hydrogen) atoms. The normalized spacial score (nSPS) is 22.1. The molecule has 0 aliphatic carbocycles. The molecule has 1 aliphatic rings. The molecule has 0 aromatic carbocycles. The molecule has 0 bridgehead atoms. The van der Waals surface area contributed by atoms with Crippen molar-refractivity contribution in [3.05, 3.63) is 12.3 Å². The summed E-state index contributed by atoms with van der Waals surface area (Å²) in [6, 6.07) is 0. The maximum Gasteiger partial charge on any atom is 0.101 e. The summed E-state index contributed by atoms with van der Waals surface area (Å²) in [5.41, 5.74) is 0. The zero-order chi connectivity index (χ0) is 7.94. The van der Waals surface area contributed by atoms with E-state index in [1.165, 1.54) is 32.1 Å². The molecule has 1 nitrogen and oxygen atoms in total. The molecule has 64 valence electrons. The number of hydrogen-bond acceptors (Lipinski definition) is 1. The summed E-state index contributed by atoms with van der Waals surface area (Å²) in [6.45, 7) is 2.24. The molecule has 0 fully saturated rings. The first kappa shape index (κ1) is 8.63. The van der Waals surface area contributed by atoms with E-state index in [0.29, 0.717) is 6.10 Å². The van der Waals surface area contributed by atoms with Crippen molar-refractivity contribution >= 4 is 0 Å². The van der Waals surface area contributed by atoms with E-state index in [-0.39, 0.29) is 0 Å². The zero-order valence-electron chi connectivity index (χ0n) is 7.38. The smallest absolute Gasteiger partial charge is 0.101 e. The average molecular weight is 154 g/mol. The van der Waals surface area contributed by atoms with Gasteiger partial charge in [0.1, 0.15) is 6.10 Å². The molecule has 0 saturated carbocycles. The van der Waals surface area contributed by atoms with Gasteiger partial charge < -0.3 is 4.74 Å². The first-order valence-corrected chi connectivity index (χ1v) is 4.74. The van der Waals surface area contributed by atoms with Gasteiger partial charge in [-0.2, -0.15) is 0 Å². The third kappa shape index (κ3) is 3.45. The lowest BCUT2D eigenvalue weighted by Gasteiger charge is -2.08. The van der Waals surface area contributed by atoms with Gasteiger partial charge >= 0.3 is 0 Å². The van der Waals surface area contributed by atoms with Crippen LogP contribution in [0.5, 0.6) is 0 Å². The minimum atomic E-state index is 0.506. The molecule has 0 aromatic rings. The summed E-state index contributed by atoms with van der Waals surface area (Å²) in [6.07, 6.45) is 12.2. The fraction of sp³-hybridized carbons (Fsp3) is 0.800. The van der Waals surface area contributed by atoms with Gasteiger partial charge in [0, 0.05) is 6.42 Å². The van der Waals surface area contributed by atoms with Crippen LogP contribution >= 0.6 is 0 Å². The first-order chi connectivity index (χ1) is 5.43. The van der Waals surface area contributed by atoms with Crippen molar-refractivity contribution in [3.8, 4) is 0 Å². The molecule has 1 heterocycles. The molecule has 1 heteroatoms. The summed E-state index contributed by atoms with van der Waals surface area (Å²) in [4.78, 5) is 0. The molecule has 0 saturated heterocycles. The van der Waals surface area contributed by atoms with Crippen LogP contribution in [0.2, 0.25) is 0 Å². The summed E-state index contributed by atoms with van der Waals surface area (Å²) < 4.78 is 5.35. The van der Waals surface area contributed by atoms with Gasteiger partial charge in [-0.05, 0) is 18.9 Å². The highest BCUT2D eigenvalue weighted by molar-refractivity contribution is 4.86. The maximum absolute atomic E-state index is 5.35. The quantitative estimate of drug-likeness (QED) is 0.552. The fourth-order valence-corrected chi connectivity index (χ4v) is 1.41. The molecule has 1 unspecified atom stereocenters. The van der Waals surface area contributed by atoms with Crippen molar-refractivity contribution in [2.75, 3.05) is 0 Å². The number of hydrogen-bond donors (Lipinski definition) is 0. The predicted molar refractivity (Wildman–Crippen MR) is 47.4 cm³/mol. The topological polar surface area (TPSA) is 9.23 Å². The van der Waals surface area contributed by atoms with Crippen molar-refractivity contribution in [3.63, 3.8) is 0 Å². The van der Waals surface area contributed by atoms with Gasteiger partial charge in [0.2, 0.25) is 0 Å². The monoisotopic (exact) mass is 154 g/mol. The number of rotatable bonds is 5. The lowest BCUT2D eigenvalue weighted by Crippen LogP contribution is -2.03. The Morgan fingerprint density at radius 1 is 1.36 bits per heavy atom. The van der Waals surface area contributed by atoms with E-state index in [1.807, 2.05) is 6.26 Å². The minimum absolute atomic E-state index is 0.506. The van der Waals surface area contributed by atoms with Crippen LogP contribution in [0, 0.1) is 0 Å². The van der Waals surface area contributed by atoms with E-state index in [2.05, 4.69) is 13.0 Å². The Balaban J connectivity index is 1.87. The van der Waals surface area contributed by atoms with Crippen LogP contribution < -0.4 is 0 Å². The average Bonchev–Trinajstić information content (AvgIpc) is 2.50. The standard InChI is InChI=1S/C10H18O/c1-2-3-4-5-7-10-8-6-9-11-10/h6,9-10H,2-5,7-8H2,1H3. The van der Waals surface area contributed by atoms with Crippen LogP contribution in [0.3, 0.4) is 0 Å². The van der Waals surface area contributed by atoms with Crippen molar-refractivity contribution < 1.29 is 4.74 Å². The van der Waals surface area contributed by atoms with Crippen LogP contribution in [0.15, 0.2) is 12.3 Å². The number of ether oxygens (including phenoxy) is 1. The number of unbranched alkanes of at least 4 members (excludes halogenated alkanes) is 3. The second-order valence-electron chi connectivity index (χ2n) is 3.21. The van der Waals surface area contributed by atoms with Crippen LogP contribution in [0.25, 0.3) is 0 Å². The molecular formula is C10H18O. The molecule has 0 aromatic heterocycles. The van der Waals surface area contributed by atoms with Crippen LogP contribution in [0.4, 0.5) is 0 Å². The van der Waals surface area contributed by atoms with Gasteiger partial charge in [0.15, 0.2) is 0 Å². The molecule has 1 aliphatic heterocycles. The fourth-order valence-electron chi connectivity index (χ4n) is 1.41. The van der Waals surface area contributed by atoms with E-state index in [1.54, 1.807) is 0 Å². The van der Waals surface area contributed by atoms with Crippen molar-refractivity contribution in [2.45, 2.75) is 51.6 Å². The highest BCUT2D eigenvalue weighted by Gasteiger charge is 2.09. The second-order valence-corrected chi connectivity index (χ2v) is 3.21. The van der Waals surface area contributed by atoms with Crippen molar-refractivity contribution in [1.29, 1.82) is 0 Å². The van der Waals surface area contributed by atoms with Crippen molar-refractivity contribution in [2.24, 2.45) is 0 Å². The Kier molecular flexibility index (Phi) is 4.10. The molecule has 1 rings (SSSR count). The summed E-state index contributed by atoms with van der Waals surface area (Å²) in [5.74, 6) is 0. The third-order valence-electron chi connectivity index (χ3n) is 2.15. The summed E-state index contributed by atoms with van der Waals surface area (Å²) in [5, 5.41) is 0. The van der Waals surface area contributed by atoms with E-state index >= 15 is 0 Å². The van der Waals surface area contributed by atoms with Gasteiger partial charge in [-0.3, -0.25) is 0 Å². The summed E-state index contributed by atoms with van der Waals surface area (Å²) >= 11 is 0. The lowest BCUT2D eigenvalue weighted by atomic mass is 10.1. The van der Waals surface area contributed by atoms with Gasteiger partial charge in [-0.1, -0.05) is 26.2 Å². The van der Waals surface area contributed by atoms with E-state index in [4.69, 9.17) is 4.74 Å². The molecule has 0 amide bonds. The zero-order valence-corrected chi connectivity index (χ0v) is 7.38. The van der Waals surface area contributed by atoms with E-state index in [9.17, 15) is 0 Å². The Bertz CT molecular complexity index is 110. The summed E-state index contributed by atoms with van der Waals surface area (Å²) in [7, 11) is 0. The van der Waals surface area contributed by atoms with Crippen LogP contribution in [-0.4, -0.2) is 6.10 Å². The SMILES string of the molecule is CCCCCCC1CC=CO1. The largest absolute Gasteiger partial charge is 0.498 e.